The van der Waals surface area contributed by atoms with Gasteiger partial charge < -0.3 is 14.6 Å². The molecule has 0 bridgehead atoms. The fourth-order valence-electron chi connectivity index (χ4n) is 4.72. The van der Waals surface area contributed by atoms with E-state index in [0.717, 1.165) is 68.6 Å². The largest absolute Gasteiger partial charge is 0.439 e. The number of aliphatic hydroxyl groups is 1. The molecule has 1 fully saturated rings. The van der Waals surface area contributed by atoms with Crippen molar-refractivity contribution in [1.29, 1.82) is 0 Å². The Kier molecular flexibility index (Phi) is 9.50. The Morgan fingerprint density at radius 1 is 1.17 bits per heavy atom. The first-order chi connectivity index (χ1) is 17.6. The van der Waals surface area contributed by atoms with Gasteiger partial charge in [-0.15, -0.1) is 0 Å². The van der Waals surface area contributed by atoms with Crippen LogP contribution in [0.1, 0.15) is 57.2 Å². The lowest BCUT2D eigenvalue weighted by atomic mass is 10.1. The van der Waals surface area contributed by atoms with Crippen molar-refractivity contribution in [2.45, 2.75) is 71.1 Å². The minimum Gasteiger partial charge on any atom is -0.439 e. The Hall–Kier alpha value is -2.74. The van der Waals surface area contributed by atoms with Gasteiger partial charge >= 0.3 is 0 Å². The van der Waals surface area contributed by atoms with Gasteiger partial charge in [-0.25, -0.2) is 9.07 Å². The lowest BCUT2D eigenvalue weighted by Gasteiger charge is -2.28. The van der Waals surface area contributed by atoms with E-state index in [4.69, 9.17) is 14.6 Å². The van der Waals surface area contributed by atoms with E-state index in [1.54, 1.807) is 12.1 Å². The van der Waals surface area contributed by atoms with Crippen LogP contribution in [0.3, 0.4) is 0 Å². The second-order valence-corrected chi connectivity index (χ2v) is 9.51. The fourth-order valence-corrected chi connectivity index (χ4v) is 4.72. The Labute approximate surface area is 213 Å². The van der Waals surface area contributed by atoms with Crippen molar-refractivity contribution >= 4 is 0 Å². The van der Waals surface area contributed by atoms with Crippen LogP contribution in [0.5, 0.6) is 11.6 Å². The molecule has 2 heterocycles. The van der Waals surface area contributed by atoms with Gasteiger partial charge in [0.2, 0.25) is 5.88 Å². The van der Waals surface area contributed by atoms with E-state index in [9.17, 15) is 9.50 Å². The van der Waals surface area contributed by atoms with Gasteiger partial charge in [0.25, 0.3) is 0 Å². The van der Waals surface area contributed by atoms with Crippen molar-refractivity contribution in [2.75, 3.05) is 19.7 Å². The third-order valence-corrected chi connectivity index (χ3v) is 6.61. The normalized spacial score (nSPS) is 16.5. The van der Waals surface area contributed by atoms with Crippen molar-refractivity contribution in [3.63, 3.8) is 0 Å². The van der Waals surface area contributed by atoms with Crippen LogP contribution >= 0.6 is 0 Å². The van der Waals surface area contributed by atoms with Gasteiger partial charge in [0.1, 0.15) is 11.6 Å². The van der Waals surface area contributed by atoms with Crippen LogP contribution in [-0.2, 0) is 17.7 Å². The van der Waals surface area contributed by atoms with Gasteiger partial charge in [0.05, 0.1) is 29.2 Å². The summed E-state index contributed by atoms with van der Waals surface area (Å²) in [6, 6.07) is 15.9. The second-order valence-electron chi connectivity index (χ2n) is 9.51. The molecule has 1 aromatic heterocycles. The van der Waals surface area contributed by atoms with Crippen LogP contribution in [0.2, 0.25) is 0 Å². The zero-order chi connectivity index (χ0) is 25.3. The molecule has 6 nitrogen and oxygen atoms in total. The molecule has 36 heavy (non-hydrogen) atoms. The highest BCUT2D eigenvalue weighted by atomic mass is 19.1. The van der Waals surface area contributed by atoms with E-state index in [1.165, 1.54) is 12.1 Å². The highest BCUT2D eigenvalue weighted by Crippen LogP contribution is 2.33. The molecule has 1 saturated heterocycles. The summed E-state index contributed by atoms with van der Waals surface area (Å²) in [5.74, 6) is 0.855. The molecule has 0 amide bonds. The lowest BCUT2D eigenvalue weighted by Crippen LogP contribution is -2.37. The Morgan fingerprint density at radius 2 is 1.94 bits per heavy atom. The van der Waals surface area contributed by atoms with E-state index >= 15 is 0 Å². The molecule has 4 rings (SSSR count). The van der Waals surface area contributed by atoms with E-state index in [2.05, 4.69) is 18.7 Å². The van der Waals surface area contributed by atoms with Crippen LogP contribution < -0.4 is 4.74 Å². The molecule has 0 aliphatic carbocycles. The molecule has 0 saturated carbocycles. The molecule has 1 aliphatic heterocycles. The summed E-state index contributed by atoms with van der Waals surface area (Å²) in [7, 11) is 0. The average molecular weight is 496 g/mol. The number of aliphatic hydroxyl groups excluding tert-OH is 1. The first kappa shape index (κ1) is 26.3. The molecule has 2 atom stereocenters. The maximum Gasteiger partial charge on any atom is 0.227 e. The molecule has 1 N–H and O–H groups in total. The zero-order valence-electron chi connectivity index (χ0n) is 21.4. The summed E-state index contributed by atoms with van der Waals surface area (Å²) < 4.78 is 27.7. The molecular weight excluding hydrogens is 457 g/mol. The van der Waals surface area contributed by atoms with Crippen molar-refractivity contribution in [1.82, 2.24) is 14.7 Å². The standard InChI is InChI=1S/C29H38FN3O3/c1-3-5-12-24(34)19-32(20-26-13-9-18-35-26)21-27-28(4-2)31-33(23-10-7-6-8-11-23)29(27)36-25-16-14-22(30)15-17-25/h6-8,10-11,14-17,24,26,34H,3-5,9,12-13,18-21H2,1-2H3. The third-order valence-electron chi connectivity index (χ3n) is 6.61. The maximum absolute atomic E-state index is 13.6. The summed E-state index contributed by atoms with van der Waals surface area (Å²) >= 11 is 0. The summed E-state index contributed by atoms with van der Waals surface area (Å²) in [6.45, 7) is 6.91. The van der Waals surface area contributed by atoms with Crippen molar-refractivity contribution in [3.05, 3.63) is 71.7 Å². The second kappa shape index (κ2) is 13.0. The number of ether oxygens (including phenoxy) is 2. The smallest absolute Gasteiger partial charge is 0.227 e. The molecular formula is C29H38FN3O3. The first-order valence-corrected chi connectivity index (χ1v) is 13.2. The van der Waals surface area contributed by atoms with Crippen LogP contribution in [-0.4, -0.2) is 51.7 Å². The molecule has 3 aromatic rings. The number of hydrogen-bond acceptors (Lipinski definition) is 5. The summed E-state index contributed by atoms with van der Waals surface area (Å²) in [5, 5.41) is 15.7. The average Bonchev–Trinajstić information content (AvgIpc) is 3.52. The molecule has 0 spiro atoms. The molecule has 7 heteroatoms. The van der Waals surface area contributed by atoms with Crippen LogP contribution in [0, 0.1) is 5.82 Å². The minimum atomic E-state index is -0.401. The minimum absolute atomic E-state index is 0.166. The lowest BCUT2D eigenvalue weighted by molar-refractivity contribution is 0.0433. The predicted molar refractivity (Wildman–Crippen MR) is 139 cm³/mol. The molecule has 194 valence electrons. The number of para-hydroxylation sites is 1. The van der Waals surface area contributed by atoms with Gasteiger partial charge in [-0.2, -0.15) is 5.10 Å². The summed E-state index contributed by atoms with van der Waals surface area (Å²) in [4.78, 5) is 2.28. The van der Waals surface area contributed by atoms with E-state index < -0.39 is 6.10 Å². The predicted octanol–water partition coefficient (Wildman–Crippen LogP) is 5.90. The molecule has 2 aromatic carbocycles. The summed E-state index contributed by atoms with van der Waals surface area (Å²) in [6.07, 6.45) is 5.44. The number of nitrogens with zero attached hydrogens (tertiary/aromatic N) is 3. The van der Waals surface area contributed by atoms with Gasteiger partial charge in [-0.3, -0.25) is 4.90 Å². The fraction of sp³-hybridized carbons (Fsp3) is 0.483. The molecule has 2 unspecified atom stereocenters. The Morgan fingerprint density at radius 3 is 2.61 bits per heavy atom. The van der Waals surface area contributed by atoms with Gasteiger partial charge in [0.15, 0.2) is 0 Å². The summed E-state index contributed by atoms with van der Waals surface area (Å²) in [5.41, 5.74) is 2.81. The maximum atomic E-state index is 13.6. The number of halogens is 1. The van der Waals surface area contributed by atoms with Crippen LogP contribution in [0.25, 0.3) is 5.69 Å². The molecule has 0 radical (unpaired) electrons. The number of aryl methyl sites for hydroxylation is 1. The number of aromatic nitrogens is 2. The highest BCUT2D eigenvalue weighted by Gasteiger charge is 2.26. The number of rotatable bonds is 13. The monoisotopic (exact) mass is 495 g/mol. The third kappa shape index (κ3) is 6.93. The van der Waals surface area contributed by atoms with Crippen molar-refractivity contribution < 1.29 is 19.0 Å². The number of benzene rings is 2. The highest BCUT2D eigenvalue weighted by molar-refractivity contribution is 5.43. The first-order valence-electron chi connectivity index (χ1n) is 13.2. The van der Waals surface area contributed by atoms with E-state index in [0.29, 0.717) is 24.7 Å². The quantitative estimate of drug-likeness (QED) is 0.320. The van der Waals surface area contributed by atoms with Gasteiger partial charge in [-0.05, 0) is 62.1 Å². The SMILES string of the molecule is CCCCC(O)CN(Cc1c(CC)nn(-c2ccccc2)c1Oc1ccc(F)cc1)CC1CCCO1. The van der Waals surface area contributed by atoms with Crippen molar-refractivity contribution in [2.24, 2.45) is 0 Å². The zero-order valence-corrected chi connectivity index (χ0v) is 21.4. The Bertz CT molecular complexity index is 1070. The number of hydrogen-bond donors (Lipinski definition) is 1. The van der Waals surface area contributed by atoms with E-state index in [1.807, 2.05) is 35.0 Å². The molecule has 1 aliphatic rings. The van der Waals surface area contributed by atoms with Crippen LogP contribution in [0.15, 0.2) is 54.6 Å². The topological polar surface area (TPSA) is 59.8 Å². The van der Waals surface area contributed by atoms with Crippen LogP contribution in [0.4, 0.5) is 4.39 Å². The number of unbranched alkanes of at least 4 members (excludes halogenated alkanes) is 1. The van der Waals surface area contributed by atoms with Gasteiger partial charge in [-0.1, -0.05) is 44.9 Å². The van der Waals surface area contributed by atoms with E-state index in [-0.39, 0.29) is 11.9 Å². The van der Waals surface area contributed by atoms with Gasteiger partial charge in [0, 0.05) is 26.2 Å². The Balaban J connectivity index is 1.69. The van der Waals surface area contributed by atoms with Crippen molar-refractivity contribution in [3.8, 4) is 17.3 Å².